The van der Waals surface area contributed by atoms with E-state index in [-0.39, 0.29) is 0 Å². The first kappa shape index (κ1) is 19.5. The molecule has 3 nitrogen and oxygen atoms in total. The van der Waals surface area contributed by atoms with E-state index >= 15 is 0 Å². The summed E-state index contributed by atoms with van der Waals surface area (Å²) in [6.45, 7) is 3.43. The van der Waals surface area contributed by atoms with Crippen molar-refractivity contribution >= 4 is 28.3 Å². The molecule has 0 aliphatic rings. The molecule has 3 aromatic carbocycles. The van der Waals surface area contributed by atoms with Crippen molar-refractivity contribution in [3.63, 3.8) is 0 Å². The van der Waals surface area contributed by atoms with Crippen molar-refractivity contribution < 1.29 is 9.47 Å². The maximum absolute atomic E-state index is 6.05. The zero-order chi connectivity index (χ0) is 19.1. The Balaban J connectivity index is 1.73. The number of rotatable bonds is 8. The summed E-state index contributed by atoms with van der Waals surface area (Å²) >= 11 is 2.31. The third kappa shape index (κ3) is 5.16. The van der Waals surface area contributed by atoms with Crippen molar-refractivity contribution in [2.24, 2.45) is 0 Å². The summed E-state index contributed by atoms with van der Waals surface area (Å²) in [6.07, 6.45) is 1.01. The molecule has 0 unspecified atom stereocenters. The first-order valence-electron chi connectivity index (χ1n) is 9.06. The van der Waals surface area contributed by atoms with Crippen molar-refractivity contribution in [3.05, 3.63) is 87.0 Å². The molecule has 0 aliphatic carbocycles. The molecule has 3 aromatic rings. The molecule has 0 amide bonds. The monoisotopic (exact) mass is 473 g/mol. The summed E-state index contributed by atoms with van der Waals surface area (Å²) in [4.78, 5) is 0. The van der Waals surface area contributed by atoms with Gasteiger partial charge < -0.3 is 14.8 Å². The molecule has 27 heavy (non-hydrogen) atoms. The van der Waals surface area contributed by atoms with Crippen LogP contribution in [0.25, 0.3) is 0 Å². The standard InChI is InChI=1S/C23H24INO2/c1-3-19-11-7-8-12-21(19)25-15-18-13-20(24)23(22(14-18)26-2)27-16-17-9-5-4-6-10-17/h4-14,25H,3,15-16H2,1-2H3. The number of hydrogen-bond donors (Lipinski definition) is 1. The Morgan fingerprint density at radius 1 is 0.926 bits per heavy atom. The van der Waals surface area contributed by atoms with Crippen molar-refractivity contribution in [2.45, 2.75) is 26.5 Å². The van der Waals surface area contributed by atoms with Crippen LogP contribution in [-0.2, 0) is 19.6 Å². The van der Waals surface area contributed by atoms with Crippen molar-refractivity contribution in [1.82, 2.24) is 0 Å². The number of nitrogens with one attached hydrogen (secondary N) is 1. The van der Waals surface area contributed by atoms with E-state index in [1.54, 1.807) is 7.11 Å². The van der Waals surface area contributed by atoms with Gasteiger partial charge in [-0.3, -0.25) is 0 Å². The van der Waals surface area contributed by atoms with Crippen LogP contribution in [0.15, 0.2) is 66.7 Å². The van der Waals surface area contributed by atoms with Crippen LogP contribution in [-0.4, -0.2) is 7.11 Å². The highest BCUT2D eigenvalue weighted by atomic mass is 127. The summed E-state index contributed by atoms with van der Waals surface area (Å²) < 4.78 is 12.7. The van der Waals surface area contributed by atoms with Crippen molar-refractivity contribution in [1.29, 1.82) is 0 Å². The molecule has 4 heteroatoms. The predicted octanol–water partition coefficient (Wildman–Crippen LogP) is 6.05. The SMILES string of the molecule is CCc1ccccc1NCc1cc(I)c(OCc2ccccc2)c(OC)c1. The fraction of sp³-hybridized carbons (Fsp3) is 0.217. The van der Waals surface area contributed by atoms with Gasteiger partial charge >= 0.3 is 0 Å². The van der Waals surface area contributed by atoms with E-state index in [0.29, 0.717) is 6.61 Å². The molecule has 3 rings (SSSR count). The highest BCUT2D eigenvalue weighted by Gasteiger charge is 2.12. The van der Waals surface area contributed by atoms with Crippen LogP contribution in [0.4, 0.5) is 5.69 Å². The fourth-order valence-corrected chi connectivity index (χ4v) is 3.76. The number of para-hydroxylation sites is 1. The third-order valence-electron chi connectivity index (χ3n) is 4.40. The average Bonchev–Trinajstić information content (AvgIpc) is 2.72. The number of halogens is 1. The number of methoxy groups -OCH3 is 1. The summed E-state index contributed by atoms with van der Waals surface area (Å²) in [5, 5.41) is 3.54. The van der Waals surface area contributed by atoms with Crippen LogP contribution >= 0.6 is 22.6 Å². The molecule has 0 aliphatic heterocycles. The van der Waals surface area contributed by atoms with Crippen molar-refractivity contribution in [2.75, 3.05) is 12.4 Å². The van der Waals surface area contributed by atoms with E-state index in [0.717, 1.165) is 39.2 Å². The van der Waals surface area contributed by atoms with E-state index in [4.69, 9.17) is 9.47 Å². The van der Waals surface area contributed by atoms with Crippen molar-refractivity contribution in [3.8, 4) is 11.5 Å². The minimum absolute atomic E-state index is 0.522. The lowest BCUT2D eigenvalue weighted by Gasteiger charge is -2.16. The first-order valence-corrected chi connectivity index (χ1v) is 10.1. The second-order valence-corrected chi connectivity index (χ2v) is 7.41. The van der Waals surface area contributed by atoms with Gasteiger partial charge in [0.2, 0.25) is 0 Å². The first-order chi connectivity index (χ1) is 13.2. The molecule has 0 aromatic heterocycles. The quantitative estimate of drug-likeness (QED) is 0.404. The second-order valence-electron chi connectivity index (χ2n) is 6.25. The predicted molar refractivity (Wildman–Crippen MR) is 120 cm³/mol. The zero-order valence-electron chi connectivity index (χ0n) is 15.7. The molecule has 0 atom stereocenters. The second kappa shape index (κ2) is 9.65. The number of anilines is 1. The Morgan fingerprint density at radius 2 is 1.67 bits per heavy atom. The Bertz CT molecular complexity index is 881. The molecule has 1 N–H and O–H groups in total. The van der Waals surface area contributed by atoms with Gasteiger partial charge in [-0.25, -0.2) is 0 Å². The van der Waals surface area contributed by atoms with Gasteiger partial charge in [0.1, 0.15) is 6.61 Å². The van der Waals surface area contributed by atoms with Gasteiger partial charge in [0.05, 0.1) is 10.7 Å². The van der Waals surface area contributed by atoms with E-state index in [9.17, 15) is 0 Å². The molecule has 140 valence electrons. The lowest BCUT2D eigenvalue weighted by atomic mass is 10.1. The van der Waals surface area contributed by atoms with Gasteiger partial charge in [0.25, 0.3) is 0 Å². The van der Waals surface area contributed by atoms with Crippen LogP contribution in [0.1, 0.15) is 23.6 Å². The molecule has 0 heterocycles. The van der Waals surface area contributed by atoms with E-state index in [1.165, 1.54) is 11.3 Å². The van der Waals surface area contributed by atoms with Gasteiger partial charge in [-0.05, 0) is 63.9 Å². The Hall–Kier alpha value is -2.21. The maximum Gasteiger partial charge on any atom is 0.174 e. The van der Waals surface area contributed by atoms with Crippen LogP contribution in [0, 0.1) is 3.57 Å². The summed E-state index contributed by atoms with van der Waals surface area (Å²) in [5.41, 5.74) is 4.80. The van der Waals surface area contributed by atoms with Gasteiger partial charge in [0.15, 0.2) is 11.5 Å². The van der Waals surface area contributed by atoms with Gasteiger partial charge in [-0.15, -0.1) is 0 Å². The van der Waals surface area contributed by atoms with Gasteiger partial charge in [-0.2, -0.15) is 0 Å². The molecular formula is C23H24INO2. The van der Waals surface area contributed by atoms with Crippen LogP contribution in [0.2, 0.25) is 0 Å². The van der Waals surface area contributed by atoms with E-state index < -0.39 is 0 Å². The molecule has 0 bridgehead atoms. The lowest BCUT2D eigenvalue weighted by molar-refractivity contribution is 0.282. The minimum Gasteiger partial charge on any atom is -0.493 e. The van der Waals surface area contributed by atoms with Gasteiger partial charge in [0, 0.05) is 12.2 Å². The number of aryl methyl sites for hydroxylation is 1. The fourth-order valence-electron chi connectivity index (χ4n) is 2.94. The van der Waals surface area contributed by atoms with Gasteiger partial charge in [-0.1, -0.05) is 55.5 Å². The van der Waals surface area contributed by atoms with E-state index in [2.05, 4.69) is 77.3 Å². The molecule has 0 saturated heterocycles. The number of benzene rings is 3. The maximum atomic E-state index is 6.05. The minimum atomic E-state index is 0.522. The largest absolute Gasteiger partial charge is 0.493 e. The molecule has 0 spiro atoms. The highest BCUT2D eigenvalue weighted by Crippen LogP contribution is 2.35. The summed E-state index contributed by atoms with van der Waals surface area (Å²) in [6, 6.07) is 22.8. The Kier molecular flexibility index (Phi) is 6.98. The topological polar surface area (TPSA) is 30.5 Å². The smallest absolute Gasteiger partial charge is 0.174 e. The highest BCUT2D eigenvalue weighted by molar-refractivity contribution is 14.1. The van der Waals surface area contributed by atoms with E-state index in [1.807, 2.05) is 24.3 Å². The Morgan fingerprint density at radius 3 is 2.41 bits per heavy atom. The van der Waals surface area contributed by atoms with Crippen LogP contribution in [0.5, 0.6) is 11.5 Å². The normalized spacial score (nSPS) is 10.5. The number of ether oxygens (including phenoxy) is 2. The molecular weight excluding hydrogens is 449 g/mol. The molecule has 0 saturated carbocycles. The Labute approximate surface area is 174 Å². The summed E-state index contributed by atoms with van der Waals surface area (Å²) in [7, 11) is 1.68. The lowest BCUT2D eigenvalue weighted by Crippen LogP contribution is -2.05. The zero-order valence-corrected chi connectivity index (χ0v) is 17.8. The summed E-state index contributed by atoms with van der Waals surface area (Å²) in [5.74, 6) is 1.55. The molecule has 0 radical (unpaired) electrons. The average molecular weight is 473 g/mol. The molecule has 0 fully saturated rings. The van der Waals surface area contributed by atoms with Crippen LogP contribution in [0.3, 0.4) is 0 Å². The number of hydrogen-bond acceptors (Lipinski definition) is 3. The third-order valence-corrected chi connectivity index (χ3v) is 5.20. The van der Waals surface area contributed by atoms with Crippen LogP contribution < -0.4 is 14.8 Å².